The Hall–Kier alpha value is -1.18. The van der Waals surface area contributed by atoms with Gasteiger partial charge in [-0.15, -0.1) is 0 Å². The van der Waals surface area contributed by atoms with Gasteiger partial charge in [-0.2, -0.15) is 0 Å². The molecule has 0 saturated carbocycles. The third kappa shape index (κ3) is 7.31. The minimum absolute atomic E-state index is 0.123. The van der Waals surface area contributed by atoms with Crippen molar-refractivity contribution in [3.05, 3.63) is 29.3 Å². The summed E-state index contributed by atoms with van der Waals surface area (Å²) in [7, 11) is 2.26. The lowest BCUT2D eigenvalue weighted by Crippen LogP contribution is -2.66. The van der Waals surface area contributed by atoms with E-state index in [2.05, 4.69) is 86.4 Å². The topological polar surface area (TPSA) is 42.4 Å². The first-order chi connectivity index (χ1) is 18.1. The van der Waals surface area contributed by atoms with Crippen molar-refractivity contribution >= 4 is 0 Å². The van der Waals surface area contributed by atoms with Crippen LogP contribution in [0.1, 0.15) is 77.3 Å². The molecule has 38 heavy (non-hydrogen) atoms. The highest BCUT2D eigenvalue weighted by Crippen LogP contribution is 2.30. The quantitative estimate of drug-likeness (QED) is 0.511. The highest BCUT2D eigenvalue weighted by Gasteiger charge is 2.41. The molecular formula is C32H56N4O2. The second-order valence-corrected chi connectivity index (χ2v) is 13.1. The lowest BCUT2D eigenvalue weighted by Gasteiger charge is -2.52. The molecule has 0 radical (unpaired) electrons. The summed E-state index contributed by atoms with van der Waals surface area (Å²) in [6.07, 6.45) is 4.29. The molecule has 6 heteroatoms. The zero-order valence-electron chi connectivity index (χ0n) is 25.4. The van der Waals surface area contributed by atoms with Crippen molar-refractivity contribution in [2.75, 3.05) is 59.5 Å². The second-order valence-electron chi connectivity index (χ2n) is 13.1. The standard InChI is InChI=1S/C32H56N4O2/c1-23(2)30-9-8-25(4)20-31(30)38-22-28-21-33(7)18-19-36(28)27(6)32(35-14-10-24(3)11-15-35)26(5)34-16-12-29(37)13-17-34/h8-9,20,23-24,26-29,32,37H,10-19,21-22H2,1-7H3. The molecule has 0 amide bonds. The van der Waals surface area contributed by atoms with E-state index in [1.165, 1.54) is 37.1 Å². The zero-order chi connectivity index (χ0) is 27.4. The molecule has 4 unspecified atom stereocenters. The smallest absolute Gasteiger partial charge is 0.123 e. The molecule has 3 heterocycles. The van der Waals surface area contributed by atoms with Gasteiger partial charge < -0.3 is 14.7 Å². The summed E-state index contributed by atoms with van der Waals surface area (Å²) < 4.78 is 6.66. The highest BCUT2D eigenvalue weighted by molar-refractivity contribution is 5.39. The van der Waals surface area contributed by atoms with E-state index in [-0.39, 0.29) is 6.10 Å². The largest absolute Gasteiger partial charge is 0.492 e. The first-order valence-corrected chi connectivity index (χ1v) is 15.5. The molecule has 4 rings (SSSR count). The molecule has 3 aliphatic heterocycles. The summed E-state index contributed by atoms with van der Waals surface area (Å²) in [5.74, 6) is 2.34. The Balaban J connectivity index is 1.54. The van der Waals surface area contributed by atoms with Gasteiger partial charge in [0.15, 0.2) is 0 Å². The molecule has 1 aromatic carbocycles. The van der Waals surface area contributed by atoms with E-state index in [1.807, 2.05) is 0 Å². The van der Waals surface area contributed by atoms with Gasteiger partial charge in [-0.3, -0.25) is 14.7 Å². The number of hydrogen-bond donors (Lipinski definition) is 1. The number of hydrogen-bond acceptors (Lipinski definition) is 6. The maximum atomic E-state index is 10.2. The highest BCUT2D eigenvalue weighted by atomic mass is 16.5. The van der Waals surface area contributed by atoms with Crippen LogP contribution in [0.2, 0.25) is 0 Å². The zero-order valence-corrected chi connectivity index (χ0v) is 25.4. The number of aliphatic hydroxyl groups excluding tert-OH is 1. The molecule has 6 nitrogen and oxygen atoms in total. The summed E-state index contributed by atoms with van der Waals surface area (Å²) in [6.45, 7) is 22.4. The molecule has 3 aliphatic rings. The number of likely N-dealkylation sites (N-methyl/N-ethyl adjacent to an activating group) is 1. The van der Waals surface area contributed by atoms with E-state index in [4.69, 9.17) is 4.74 Å². The van der Waals surface area contributed by atoms with E-state index < -0.39 is 0 Å². The molecule has 4 atom stereocenters. The van der Waals surface area contributed by atoms with Gasteiger partial charge in [0.05, 0.1) is 12.1 Å². The van der Waals surface area contributed by atoms with Crippen LogP contribution in [0.4, 0.5) is 0 Å². The summed E-state index contributed by atoms with van der Waals surface area (Å²) in [5.41, 5.74) is 2.57. The SMILES string of the molecule is Cc1ccc(C(C)C)c(OCC2CN(C)CCN2C(C)C(C(C)N2CCC(O)CC2)N2CCC(C)CC2)c1. The Bertz CT molecular complexity index is 863. The van der Waals surface area contributed by atoms with Gasteiger partial charge in [0.2, 0.25) is 0 Å². The third-order valence-electron chi connectivity index (χ3n) is 9.78. The van der Waals surface area contributed by atoms with E-state index >= 15 is 0 Å². The van der Waals surface area contributed by atoms with Gasteiger partial charge in [0, 0.05) is 50.8 Å². The van der Waals surface area contributed by atoms with Crippen molar-refractivity contribution < 1.29 is 9.84 Å². The number of piperazine rings is 1. The Kier molecular flexibility index (Phi) is 10.5. The van der Waals surface area contributed by atoms with Crippen molar-refractivity contribution in [3.8, 4) is 5.75 Å². The fourth-order valence-corrected chi connectivity index (χ4v) is 7.18. The van der Waals surface area contributed by atoms with Crippen LogP contribution in [0.3, 0.4) is 0 Å². The van der Waals surface area contributed by atoms with Crippen LogP contribution < -0.4 is 4.74 Å². The van der Waals surface area contributed by atoms with Gasteiger partial charge in [0.1, 0.15) is 12.4 Å². The van der Waals surface area contributed by atoms with Crippen molar-refractivity contribution in [1.82, 2.24) is 19.6 Å². The summed E-state index contributed by atoms with van der Waals surface area (Å²) in [4.78, 5) is 10.7. The average Bonchev–Trinajstić information content (AvgIpc) is 2.89. The Labute approximate surface area is 233 Å². The van der Waals surface area contributed by atoms with Crippen molar-refractivity contribution in [3.63, 3.8) is 0 Å². The lowest BCUT2D eigenvalue weighted by molar-refractivity contribution is -0.0416. The third-order valence-corrected chi connectivity index (χ3v) is 9.78. The molecular weight excluding hydrogens is 472 g/mol. The minimum Gasteiger partial charge on any atom is -0.492 e. The first-order valence-electron chi connectivity index (χ1n) is 15.5. The molecule has 0 spiro atoms. The van der Waals surface area contributed by atoms with Gasteiger partial charge in [-0.05, 0) is 95.6 Å². The van der Waals surface area contributed by atoms with E-state index in [9.17, 15) is 5.11 Å². The molecule has 3 fully saturated rings. The van der Waals surface area contributed by atoms with Gasteiger partial charge in [0.25, 0.3) is 0 Å². The summed E-state index contributed by atoms with van der Waals surface area (Å²) in [6, 6.07) is 8.43. The van der Waals surface area contributed by atoms with Crippen LogP contribution >= 0.6 is 0 Å². The maximum Gasteiger partial charge on any atom is 0.123 e. The van der Waals surface area contributed by atoms with Crippen LogP contribution in [0.25, 0.3) is 0 Å². The van der Waals surface area contributed by atoms with Crippen molar-refractivity contribution in [1.29, 1.82) is 0 Å². The molecule has 216 valence electrons. The number of ether oxygens (including phenoxy) is 1. The van der Waals surface area contributed by atoms with Crippen LogP contribution in [0.15, 0.2) is 18.2 Å². The number of aryl methyl sites for hydroxylation is 1. The number of likely N-dealkylation sites (tertiary alicyclic amines) is 2. The van der Waals surface area contributed by atoms with Crippen LogP contribution in [0, 0.1) is 12.8 Å². The maximum absolute atomic E-state index is 10.2. The van der Waals surface area contributed by atoms with E-state index in [0.29, 0.717) is 30.1 Å². The molecule has 1 N–H and O–H groups in total. The van der Waals surface area contributed by atoms with E-state index in [1.54, 1.807) is 0 Å². The van der Waals surface area contributed by atoms with Gasteiger partial charge >= 0.3 is 0 Å². The van der Waals surface area contributed by atoms with Gasteiger partial charge in [-0.1, -0.05) is 32.9 Å². The van der Waals surface area contributed by atoms with Gasteiger partial charge in [-0.25, -0.2) is 0 Å². The number of piperidine rings is 2. The Morgan fingerprint density at radius 1 is 0.895 bits per heavy atom. The molecule has 1 aromatic rings. The number of aliphatic hydroxyl groups is 1. The monoisotopic (exact) mass is 528 g/mol. The fraction of sp³-hybridized carbons (Fsp3) is 0.812. The van der Waals surface area contributed by atoms with Crippen molar-refractivity contribution in [2.24, 2.45) is 5.92 Å². The average molecular weight is 529 g/mol. The second kappa shape index (κ2) is 13.5. The summed E-state index contributed by atoms with van der Waals surface area (Å²) in [5, 5.41) is 10.2. The van der Waals surface area contributed by atoms with Crippen LogP contribution in [-0.2, 0) is 0 Å². The minimum atomic E-state index is -0.123. The lowest BCUT2D eigenvalue weighted by atomic mass is 9.90. The van der Waals surface area contributed by atoms with Crippen LogP contribution in [-0.4, -0.2) is 114 Å². The number of benzene rings is 1. The Morgan fingerprint density at radius 3 is 2.21 bits per heavy atom. The summed E-state index contributed by atoms with van der Waals surface area (Å²) >= 11 is 0. The molecule has 0 bridgehead atoms. The fourth-order valence-electron chi connectivity index (χ4n) is 7.18. The number of rotatable bonds is 9. The normalized spacial score (nSPS) is 26.5. The molecule has 3 saturated heterocycles. The number of nitrogens with zero attached hydrogens (tertiary/aromatic N) is 4. The van der Waals surface area contributed by atoms with Crippen LogP contribution in [0.5, 0.6) is 5.75 Å². The predicted molar refractivity (Wildman–Crippen MR) is 158 cm³/mol. The Morgan fingerprint density at radius 2 is 1.55 bits per heavy atom. The first kappa shape index (κ1) is 29.8. The molecule has 0 aromatic heterocycles. The predicted octanol–water partition coefficient (Wildman–Crippen LogP) is 4.45. The van der Waals surface area contributed by atoms with Crippen molar-refractivity contribution in [2.45, 2.75) is 103 Å². The van der Waals surface area contributed by atoms with E-state index in [0.717, 1.165) is 63.8 Å². The molecule has 0 aliphatic carbocycles.